The third-order valence-electron chi connectivity index (χ3n) is 2.86. The van der Waals surface area contributed by atoms with E-state index in [0.717, 1.165) is 16.6 Å². The number of carboxylic acids is 1. The minimum atomic E-state index is -1.01. The SMILES string of the molecule is COc1cnc2c(c1)c(C[C@H](N)C(=O)O)cn2C. The summed E-state index contributed by atoms with van der Waals surface area (Å²) in [5.74, 6) is -0.373. The van der Waals surface area contributed by atoms with Gasteiger partial charge in [-0.05, 0) is 11.6 Å². The molecule has 0 aliphatic rings. The van der Waals surface area contributed by atoms with Gasteiger partial charge in [0.15, 0.2) is 0 Å². The largest absolute Gasteiger partial charge is 0.495 e. The number of ether oxygens (including phenoxy) is 1. The molecule has 2 heterocycles. The molecule has 6 nitrogen and oxygen atoms in total. The van der Waals surface area contributed by atoms with Crippen molar-refractivity contribution in [2.45, 2.75) is 12.5 Å². The zero-order chi connectivity index (χ0) is 13.3. The van der Waals surface area contributed by atoms with Gasteiger partial charge in [-0.15, -0.1) is 0 Å². The van der Waals surface area contributed by atoms with Crippen molar-refractivity contribution < 1.29 is 14.6 Å². The number of rotatable bonds is 4. The molecule has 2 aromatic rings. The first-order chi connectivity index (χ1) is 8.52. The number of hydrogen-bond donors (Lipinski definition) is 2. The van der Waals surface area contributed by atoms with E-state index >= 15 is 0 Å². The number of methoxy groups -OCH3 is 1. The molecule has 0 bridgehead atoms. The third kappa shape index (κ3) is 2.14. The maximum absolute atomic E-state index is 10.8. The lowest BCUT2D eigenvalue weighted by Crippen LogP contribution is -2.32. The predicted octanol–water partition coefficient (Wildman–Crippen LogP) is 0.536. The summed E-state index contributed by atoms with van der Waals surface area (Å²) < 4.78 is 6.97. The maximum Gasteiger partial charge on any atom is 0.320 e. The Balaban J connectivity index is 2.46. The second-order valence-electron chi connectivity index (χ2n) is 4.16. The van der Waals surface area contributed by atoms with Gasteiger partial charge in [-0.25, -0.2) is 4.98 Å². The summed E-state index contributed by atoms with van der Waals surface area (Å²) in [4.78, 5) is 15.1. The van der Waals surface area contributed by atoms with E-state index in [2.05, 4.69) is 4.98 Å². The molecule has 96 valence electrons. The van der Waals surface area contributed by atoms with E-state index in [4.69, 9.17) is 15.6 Å². The van der Waals surface area contributed by atoms with Crippen LogP contribution < -0.4 is 10.5 Å². The number of carbonyl (C=O) groups is 1. The minimum Gasteiger partial charge on any atom is -0.495 e. The molecule has 2 aromatic heterocycles. The smallest absolute Gasteiger partial charge is 0.320 e. The number of nitrogens with zero attached hydrogens (tertiary/aromatic N) is 2. The average Bonchev–Trinajstić information content (AvgIpc) is 2.65. The maximum atomic E-state index is 10.8. The Hall–Kier alpha value is -2.08. The van der Waals surface area contributed by atoms with Gasteiger partial charge in [0.2, 0.25) is 0 Å². The van der Waals surface area contributed by atoms with Crippen LogP contribution in [-0.2, 0) is 18.3 Å². The summed E-state index contributed by atoms with van der Waals surface area (Å²) in [5, 5.41) is 9.72. The fourth-order valence-electron chi connectivity index (χ4n) is 1.92. The van der Waals surface area contributed by atoms with E-state index in [1.165, 1.54) is 0 Å². The van der Waals surface area contributed by atoms with Crippen molar-refractivity contribution in [3.05, 3.63) is 24.0 Å². The topological polar surface area (TPSA) is 90.4 Å². The molecule has 0 aromatic carbocycles. The molecule has 6 heteroatoms. The number of hydrogen-bond acceptors (Lipinski definition) is 4. The molecule has 0 aliphatic carbocycles. The molecule has 1 atom stereocenters. The van der Waals surface area contributed by atoms with Crippen molar-refractivity contribution >= 4 is 17.0 Å². The number of carboxylic acid groups (broad SMARTS) is 1. The highest BCUT2D eigenvalue weighted by atomic mass is 16.5. The van der Waals surface area contributed by atoms with E-state index in [1.807, 2.05) is 23.9 Å². The standard InChI is InChI=1S/C12H15N3O3/c1-15-6-7(3-10(13)12(16)17)9-4-8(18-2)5-14-11(9)15/h4-6,10H,3,13H2,1-2H3,(H,16,17)/t10-/m0/s1. The highest BCUT2D eigenvalue weighted by molar-refractivity contribution is 5.83. The van der Waals surface area contributed by atoms with Crippen LogP contribution in [0.2, 0.25) is 0 Å². The molecule has 0 amide bonds. The van der Waals surface area contributed by atoms with E-state index in [9.17, 15) is 4.79 Å². The summed E-state index contributed by atoms with van der Waals surface area (Å²) >= 11 is 0. The number of aromatic nitrogens is 2. The first-order valence-corrected chi connectivity index (χ1v) is 5.49. The van der Waals surface area contributed by atoms with Crippen molar-refractivity contribution in [1.82, 2.24) is 9.55 Å². The van der Waals surface area contributed by atoms with Crippen LogP contribution in [0.4, 0.5) is 0 Å². The zero-order valence-electron chi connectivity index (χ0n) is 10.3. The van der Waals surface area contributed by atoms with Crippen LogP contribution in [0.1, 0.15) is 5.56 Å². The van der Waals surface area contributed by atoms with E-state index in [1.54, 1.807) is 13.3 Å². The van der Waals surface area contributed by atoms with Gasteiger partial charge >= 0.3 is 5.97 Å². The lowest BCUT2D eigenvalue weighted by Gasteiger charge is -2.05. The van der Waals surface area contributed by atoms with Gasteiger partial charge < -0.3 is 20.1 Å². The second-order valence-corrected chi connectivity index (χ2v) is 4.16. The quantitative estimate of drug-likeness (QED) is 0.825. The molecule has 0 unspecified atom stereocenters. The number of aryl methyl sites for hydroxylation is 1. The highest BCUT2D eigenvalue weighted by Gasteiger charge is 2.16. The van der Waals surface area contributed by atoms with Crippen LogP contribution in [0, 0.1) is 0 Å². The normalized spacial score (nSPS) is 12.6. The Kier molecular flexibility index (Phi) is 3.20. The van der Waals surface area contributed by atoms with Crippen molar-refractivity contribution in [3.63, 3.8) is 0 Å². The summed E-state index contributed by atoms with van der Waals surface area (Å²) in [6.07, 6.45) is 3.74. The molecule has 0 spiro atoms. The lowest BCUT2D eigenvalue weighted by atomic mass is 10.1. The number of nitrogens with two attached hydrogens (primary N) is 1. The van der Waals surface area contributed by atoms with Crippen LogP contribution in [-0.4, -0.2) is 33.8 Å². The Bertz CT molecular complexity index is 592. The lowest BCUT2D eigenvalue weighted by molar-refractivity contribution is -0.138. The van der Waals surface area contributed by atoms with Crippen LogP contribution in [0.3, 0.4) is 0 Å². The molecule has 0 fully saturated rings. The summed E-state index contributed by atoms with van der Waals surface area (Å²) in [6.45, 7) is 0. The van der Waals surface area contributed by atoms with Gasteiger partial charge in [-0.1, -0.05) is 0 Å². The Labute approximate surface area is 104 Å². The van der Waals surface area contributed by atoms with Gasteiger partial charge in [-0.2, -0.15) is 0 Å². The molecule has 3 N–H and O–H groups in total. The van der Waals surface area contributed by atoms with Crippen LogP contribution in [0.15, 0.2) is 18.5 Å². The molecular weight excluding hydrogens is 234 g/mol. The summed E-state index contributed by atoms with van der Waals surface area (Å²) in [7, 11) is 3.42. The number of pyridine rings is 1. The van der Waals surface area contributed by atoms with Crippen LogP contribution in [0.25, 0.3) is 11.0 Å². The molecular formula is C12H15N3O3. The van der Waals surface area contributed by atoms with Gasteiger partial charge in [0.1, 0.15) is 17.4 Å². The highest BCUT2D eigenvalue weighted by Crippen LogP contribution is 2.24. The monoisotopic (exact) mass is 249 g/mol. The molecule has 0 saturated heterocycles. The molecule has 0 radical (unpaired) electrons. The Morgan fingerprint density at radius 1 is 1.67 bits per heavy atom. The third-order valence-corrected chi connectivity index (χ3v) is 2.86. The summed E-state index contributed by atoms with van der Waals surface area (Å²) in [5.41, 5.74) is 7.20. The van der Waals surface area contributed by atoms with Crippen molar-refractivity contribution in [2.75, 3.05) is 7.11 Å². The van der Waals surface area contributed by atoms with E-state index in [0.29, 0.717) is 5.75 Å². The van der Waals surface area contributed by atoms with Crippen molar-refractivity contribution in [2.24, 2.45) is 12.8 Å². The van der Waals surface area contributed by atoms with Crippen molar-refractivity contribution in [1.29, 1.82) is 0 Å². The minimum absolute atomic E-state index is 0.265. The molecule has 0 aliphatic heterocycles. The molecule has 18 heavy (non-hydrogen) atoms. The zero-order valence-corrected chi connectivity index (χ0v) is 10.3. The van der Waals surface area contributed by atoms with Crippen molar-refractivity contribution in [3.8, 4) is 5.75 Å². The Morgan fingerprint density at radius 2 is 2.39 bits per heavy atom. The number of aliphatic carboxylic acids is 1. The predicted molar refractivity (Wildman–Crippen MR) is 66.6 cm³/mol. The van der Waals surface area contributed by atoms with Crippen LogP contribution in [0.5, 0.6) is 5.75 Å². The van der Waals surface area contributed by atoms with Gasteiger partial charge in [0.05, 0.1) is 13.3 Å². The van der Waals surface area contributed by atoms with E-state index in [-0.39, 0.29) is 6.42 Å². The Morgan fingerprint density at radius 3 is 3.00 bits per heavy atom. The average molecular weight is 249 g/mol. The van der Waals surface area contributed by atoms with Gasteiger partial charge in [0, 0.05) is 25.1 Å². The first-order valence-electron chi connectivity index (χ1n) is 5.49. The number of fused-ring (bicyclic) bond motifs is 1. The molecule has 2 rings (SSSR count). The first kappa shape index (κ1) is 12.4. The van der Waals surface area contributed by atoms with Gasteiger partial charge in [-0.3, -0.25) is 4.79 Å². The van der Waals surface area contributed by atoms with Crippen LogP contribution >= 0.6 is 0 Å². The second kappa shape index (κ2) is 4.66. The summed E-state index contributed by atoms with van der Waals surface area (Å²) in [6, 6.07) is 0.925. The fraction of sp³-hybridized carbons (Fsp3) is 0.333. The van der Waals surface area contributed by atoms with Gasteiger partial charge in [0.25, 0.3) is 0 Å². The fourth-order valence-corrected chi connectivity index (χ4v) is 1.92. The molecule has 0 saturated carbocycles. The van der Waals surface area contributed by atoms with E-state index < -0.39 is 12.0 Å².